The Morgan fingerprint density at radius 2 is 0.634 bits per heavy atom. The molecule has 801 valence electrons. The number of hydrogen-bond acceptors (Lipinski definition) is 7. The smallest absolute Gasteiger partial charge is 0.507 e. The van der Waals surface area contributed by atoms with Crippen LogP contribution in [0.4, 0.5) is 47.3 Å². The van der Waals surface area contributed by atoms with E-state index in [9.17, 15) is 28.5 Å². The summed E-state index contributed by atoms with van der Waals surface area (Å²) >= 11 is 0. The summed E-state index contributed by atoms with van der Waals surface area (Å²) in [4.78, 5) is 6.69. The molecule has 1 radical (unpaired) electrons. The molecular weight excluding hydrogens is 1930 g/mol. The van der Waals surface area contributed by atoms with Crippen LogP contribution in [0, 0.1) is 62.3 Å². The minimum Gasteiger partial charge on any atom is -0.507 e. The maximum absolute atomic E-state index is 13.1. The molecule has 3 atom stereocenters. The summed E-state index contributed by atoms with van der Waals surface area (Å²) in [7, 11) is 0. The molecule has 3 N–H and O–H groups in total. The van der Waals surface area contributed by atoms with Crippen molar-refractivity contribution in [3.8, 4) is 23.0 Å². The number of phenols is 3. The molecule has 16 heteroatoms. The predicted octanol–water partition coefficient (Wildman–Crippen LogP) is 36.5. The molecule has 0 saturated heterocycles. The Bertz CT molecular complexity index is 5140. The maximum Gasteiger partial charge on any atom is 2.00 e. The second-order valence-electron chi connectivity index (χ2n) is 40.7. The summed E-state index contributed by atoms with van der Waals surface area (Å²) in [6, 6.07) is 49.3. The summed E-state index contributed by atoms with van der Waals surface area (Å²) in [5.74, 6) is 3.32. The standard InChI is InChI=1S/2C37H46N2O.C34H43F3N2O2.3C5H10.6CH3.Co.Fe.Ni/c2*1-5-25-37(4)35(24-21-30-19-22-31(27-34(30)40)38(6-2)7-3)39(26-13-12-16-28-14-8-9-15-28)33-23-20-29-17-10-11-18-32(29)36(33)37;1-5-21-33(4)29-24-28(41-34(35,36)37)18-19-30(29)39(22-11-10-14-25-12-8-9-13-25)32(33)20-16-26-15-17-27(23-31(26)40)38(6-2)7-3;3*1-2-4-5-3-1;;;;;;;;;/h2*5,10-11,17-24,27-28H,1,6-9,12-16,25-26H2,2-4H3;5,15-20,23-25H,1,6-14,21-22H2,2-4H3;3*1-5H2;6*1H3;;;/q;;;;;;6*-1;3*+2/p+3. The summed E-state index contributed by atoms with van der Waals surface area (Å²) in [6.07, 6.45) is 66.3. The molecular formula is C129H186CoF3FeN6NiO4+3. The van der Waals surface area contributed by atoms with Crippen LogP contribution in [-0.4, -0.2) is 111 Å². The van der Waals surface area contributed by atoms with Crippen molar-refractivity contribution in [2.75, 3.05) is 73.6 Å². The monoisotopic (exact) mass is 2110 g/mol. The Kier molecular flexibility index (Phi) is 59.1. The van der Waals surface area contributed by atoms with Gasteiger partial charge in [0, 0.05) is 164 Å². The van der Waals surface area contributed by atoms with Gasteiger partial charge in [0.15, 0.2) is 17.1 Å². The molecule has 3 aliphatic heterocycles. The van der Waals surface area contributed by atoms with Crippen molar-refractivity contribution >= 4 is 91.0 Å². The first kappa shape index (κ1) is 131. The van der Waals surface area contributed by atoms with E-state index in [0.29, 0.717) is 23.5 Å². The van der Waals surface area contributed by atoms with Crippen molar-refractivity contribution in [2.24, 2.45) is 17.8 Å². The van der Waals surface area contributed by atoms with Crippen LogP contribution in [0.1, 0.15) is 346 Å². The minimum atomic E-state index is -4.76. The van der Waals surface area contributed by atoms with Crippen LogP contribution in [0.5, 0.6) is 23.0 Å². The van der Waals surface area contributed by atoms with E-state index in [1.54, 1.807) is 12.1 Å². The molecule has 8 aromatic rings. The number of anilines is 3. The van der Waals surface area contributed by atoms with Gasteiger partial charge in [0.25, 0.3) is 0 Å². The summed E-state index contributed by atoms with van der Waals surface area (Å²) in [6.45, 7) is 40.0. The topological polar surface area (TPSA) is 88.7 Å². The predicted molar refractivity (Wildman–Crippen MR) is 614 cm³/mol. The first-order valence-electron chi connectivity index (χ1n) is 53.6. The largest absolute Gasteiger partial charge is 2.00 e. The molecule has 0 amide bonds. The molecule has 17 rings (SSSR count). The third-order valence-corrected chi connectivity index (χ3v) is 31.4. The van der Waals surface area contributed by atoms with Gasteiger partial charge in [0.05, 0.1) is 16.2 Å². The first-order valence-corrected chi connectivity index (χ1v) is 53.6. The van der Waals surface area contributed by atoms with E-state index in [4.69, 9.17) is 0 Å². The van der Waals surface area contributed by atoms with Crippen LogP contribution in [0.2, 0.25) is 0 Å². The first-order chi connectivity index (χ1) is 66.1. The van der Waals surface area contributed by atoms with Gasteiger partial charge >= 0.3 is 56.7 Å². The zero-order valence-corrected chi connectivity index (χ0v) is 95.1. The number of phenolic OH excluding ortho intramolecular Hbond substituents is 3. The number of aromatic hydroxyl groups is 3. The number of benzene rings is 8. The molecule has 0 bridgehead atoms. The fraction of sp³-hybridized carbons (Fsp3) is 0.496. The van der Waals surface area contributed by atoms with Crippen molar-refractivity contribution in [1.29, 1.82) is 0 Å². The second kappa shape index (κ2) is 65.6. The van der Waals surface area contributed by atoms with Gasteiger partial charge in [-0.2, -0.15) is 13.7 Å². The van der Waals surface area contributed by atoms with Crippen LogP contribution in [0.15, 0.2) is 202 Å². The van der Waals surface area contributed by atoms with Crippen LogP contribution in [-0.2, 0) is 66.6 Å². The molecule has 6 saturated carbocycles. The summed E-state index contributed by atoms with van der Waals surface area (Å²) < 4.78 is 51.0. The van der Waals surface area contributed by atoms with Crippen molar-refractivity contribution in [3.63, 3.8) is 0 Å². The molecule has 0 spiro atoms. The van der Waals surface area contributed by atoms with Crippen LogP contribution < -0.4 is 19.4 Å². The van der Waals surface area contributed by atoms with Gasteiger partial charge in [-0.25, -0.2) is 0 Å². The number of fused-ring (bicyclic) bond motifs is 7. The van der Waals surface area contributed by atoms with Gasteiger partial charge in [-0.05, 0) is 219 Å². The number of allylic oxidation sites excluding steroid dienone is 6. The van der Waals surface area contributed by atoms with Crippen molar-refractivity contribution < 1.29 is 97.3 Å². The Balaban J connectivity index is 0.000000503. The van der Waals surface area contributed by atoms with Gasteiger partial charge in [0.2, 0.25) is 17.1 Å². The van der Waals surface area contributed by atoms with Crippen molar-refractivity contribution in [3.05, 3.63) is 280 Å². The molecule has 0 aromatic heterocycles. The molecule has 145 heavy (non-hydrogen) atoms. The molecule has 9 aliphatic rings. The van der Waals surface area contributed by atoms with Gasteiger partial charge in [0.1, 0.15) is 42.6 Å². The normalized spacial score (nSPS) is 18.5. The average molecular weight is 2120 g/mol. The van der Waals surface area contributed by atoms with E-state index in [-0.39, 0.29) is 117 Å². The zero-order chi connectivity index (χ0) is 96.5. The van der Waals surface area contributed by atoms with E-state index in [1.807, 2.05) is 61.5 Å². The SMILES string of the molecule is C1CCCC1.C1CCCC1.C1CCCC1.C=CCC1(C)C(/C=C/c2ccc(N(CC)CC)cc2O)=[N+](CCCCC2CCCC2)c2ccc(OC(F)(F)F)cc21.C=CCC1(C)C(/C=C/c2ccc(N(CC)CC)cc2O)=[N+](CCCCC2CCCC2)c2ccc3ccccc3c21.C=CCC1(C)C(/C=C/c2ccc(N(CC)CC)cc2O)=[N+](CCCCC2CCCC2)c2ccc3ccccc3c21.[CH3-].[CH3-].[CH3-].[CH3-].[CH3-].[CH3-].[Co+2].[Fe+2].[Ni+2]. The third-order valence-electron chi connectivity index (χ3n) is 31.4. The number of halogens is 3. The fourth-order valence-electron chi connectivity index (χ4n) is 23.8. The zero-order valence-electron chi connectivity index (χ0n) is 91.9. The Morgan fingerprint density at radius 3 is 0.917 bits per heavy atom. The fourth-order valence-corrected chi connectivity index (χ4v) is 23.8. The number of unbranched alkanes of at least 4 members (excludes halogenated alkanes) is 3. The quantitative estimate of drug-likeness (QED) is 0.0118. The van der Waals surface area contributed by atoms with E-state index in [2.05, 4.69) is 230 Å². The van der Waals surface area contributed by atoms with E-state index < -0.39 is 11.8 Å². The van der Waals surface area contributed by atoms with E-state index >= 15 is 0 Å². The minimum absolute atomic E-state index is 0. The van der Waals surface area contributed by atoms with Gasteiger partial charge in [-0.15, -0.1) is 32.9 Å². The average Bonchev–Trinajstić information content (AvgIpc) is 1.58. The van der Waals surface area contributed by atoms with Crippen molar-refractivity contribution in [2.45, 2.75) is 335 Å². The van der Waals surface area contributed by atoms with Gasteiger partial charge in [-0.1, -0.05) is 259 Å². The Morgan fingerprint density at radius 1 is 0.359 bits per heavy atom. The molecule has 6 fully saturated rings. The Labute approximate surface area is 911 Å². The number of ether oxygens (including phenoxy) is 1. The van der Waals surface area contributed by atoms with Crippen molar-refractivity contribution in [1.82, 2.24) is 0 Å². The number of nitrogens with zero attached hydrogens (tertiary/aromatic N) is 6. The Hall–Kier alpha value is -8.36. The molecule has 3 unspecified atom stereocenters. The summed E-state index contributed by atoms with van der Waals surface area (Å²) in [5.41, 5.74) is 15.2. The summed E-state index contributed by atoms with van der Waals surface area (Å²) in [5, 5.41) is 38.0. The van der Waals surface area contributed by atoms with Crippen LogP contribution in [0.25, 0.3) is 39.8 Å². The van der Waals surface area contributed by atoms with E-state index in [0.717, 1.165) is 147 Å². The number of hydrogen-bond donors (Lipinski definition) is 3. The number of alkyl halides is 3. The third kappa shape index (κ3) is 34.6. The molecule has 3 heterocycles. The molecule has 8 aromatic carbocycles. The molecule has 10 nitrogen and oxygen atoms in total. The maximum atomic E-state index is 13.1. The van der Waals surface area contributed by atoms with Gasteiger partial charge in [-0.3, -0.25) is 0 Å². The number of rotatable bonds is 37. The molecule has 6 aliphatic carbocycles. The van der Waals surface area contributed by atoms with Crippen LogP contribution >= 0.6 is 0 Å². The van der Waals surface area contributed by atoms with E-state index in [1.165, 1.54) is 286 Å². The second-order valence-corrected chi connectivity index (χ2v) is 40.7. The van der Waals surface area contributed by atoms with Gasteiger partial charge < -0.3 is 79.3 Å². The van der Waals surface area contributed by atoms with Crippen LogP contribution in [0.3, 0.4) is 0 Å².